The molecule has 22 heavy (non-hydrogen) atoms. The molecule has 4 heteroatoms. The van der Waals surface area contributed by atoms with E-state index in [0.717, 1.165) is 30.2 Å². The van der Waals surface area contributed by atoms with Crippen LogP contribution in [0.3, 0.4) is 0 Å². The maximum atomic E-state index is 12.3. The Labute approximate surface area is 129 Å². The number of carbonyl (C=O) groups is 1. The van der Waals surface area contributed by atoms with E-state index in [2.05, 4.69) is 10.6 Å². The van der Waals surface area contributed by atoms with Crippen molar-refractivity contribution in [1.29, 1.82) is 0 Å². The van der Waals surface area contributed by atoms with Crippen molar-refractivity contribution in [3.05, 3.63) is 47.7 Å². The second-order valence-corrected chi connectivity index (χ2v) is 6.46. The van der Waals surface area contributed by atoms with Gasteiger partial charge in [0.15, 0.2) is 5.76 Å². The average Bonchev–Trinajstić information content (AvgIpc) is 3.24. The van der Waals surface area contributed by atoms with Gasteiger partial charge in [-0.25, -0.2) is 0 Å². The molecule has 1 aliphatic carbocycles. The molecule has 3 atom stereocenters. The van der Waals surface area contributed by atoms with Gasteiger partial charge in [-0.15, -0.1) is 0 Å². The van der Waals surface area contributed by atoms with E-state index >= 15 is 0 Å². The van der Waals surface area contributed by atoms with Crippen LogP contribution in [0.2, 0.25) is 0 Å². The fraction of sp³-hybridized carbons (Fsp3) is 0.389. The number of benzene rings is 1. The van der Waals surface area contributed by atoms with Crippen molar-refractivity contribution in [3.8, 4) is 11.3 Å². The van der Waals surface area contributed by atoms with Crippen LogP contribution in [-0.4, -0.2) is 24.5 Å². The summed E-state index contributed by atoms with van der Waals surface area (Å²) in [6, 6.07) is 12.4. The van der Waals surface area contributed by atoms with Crippen LogP contribution in [0.25, 0.3) is 11.3 Å². The van der Waals surface area contributed by atoms with E-state index in [1.807, 2.05) is 37.3 Å². The molecule has 1 saturated heterocycles. The highest BCUT2D eigenvalue weighted by Crippen LogP contribution is 2.31. The van der Waals surface area contributed by atoms with Crippen molar-refractivity contribution in [2.75, 3.05) is 6.54 Å². The van der Waals surface area contributed by atoms with E-state index in [9.17, 15) is 4.79 Å². The predicted molar refractivity (Wildman–Crippen MR) is 84.6 cm³/mol. The van der Waals surface area contributed by atoms with Gasteiger partial charge in [0.1, 0.15) is 5.76 Å². The quantitative estimate of drug-likeness (QED) is 0.915. The van der Waals surface area contributed by atoms with Gasteiger partial charge in [0.25, 0.3) is 5.91 Å². The molecular formula is C18H20N2O2. The SMILES string of the molecule is Cc1ccc(-c2ccc(C(=O)NC3CC4CNC3C4)o2)cc1. The molecule has 2 heterocycles. The Morgan fingerprint density at radius 3 is 2.68 bits per heavy atom. The second kappa shape index (κ2) is 5.29. The van der Waals surface area contributed by atoms with Crippen LogP contribution in [0.5, 0.6) is 0 Å². The Morgan fingerprint density at radius 2 is 2.00 bits per heavy atom. The Hall–Kier alpha value is -2.07. The number of hydrogen-bond acceptors (Lipinski definition) is 3. The summed E-state index contributed by atoms with van der Waals surface area (Å²) in [5.41, 5.74) is 2.20. The number of nitrogens with one attached hydrogen (secondary N) is 2. The van der Waals surface area contributed by atoms with E-state index in [0.29, 0.717) is 11.8 Å². The van der Waals surface area contributed by atoms with E-state index in [1.165, 1.54) is 12.0 Å². The van der Waals surface area contributed by atoms with Crippen LogP contribution < -0.4 is 10.6 Å². The van der Waals surface area contributed by atoms with Gasteiger partial charge in [0, 0.05) is 17.6 Å². The van der Waals surface area contributed by atoms with Crippen LogP contribution in [0, 0.1) is 12.8 Å². The normalized spacial score (nSPS) is 26.3. The molecule has 2 N–H and O–H groups in total. The molecule has 0 spiro atoms. The molecule has 3 unspecified atom stereocenters. The molecule has 2 aliphatic rings. The summed E-state index contributed by atoms with van der Waals surface area (Å²) in [6.45, 7) is 3.14. The second-order valence-electron chi connectivity index (χ2n) is 6.46. The Balaban J connectivity index is 1.46. The molecule has 2 fully saturated rings. The molecule has 1 aliphatic heterocycles. The molecular weight excluding hydrogens is 276 g/mol. The van der Waals surface area contributed by atoms with Crippen LogP contribution in [0.15, 0.2) is 40.8 Å². The highest BCUT2D eigenvalue weighted by atomic mass is 16.3. The Morgan fingerprint density at radius 1 is 1.18 bits per heavy atom. The van der Waals surface area contributed by atoms with Gasteiger partial charge in [-0.1, -0.05) is 29.8 Å². The van der Waals surface area contributed by atoms with Crippen molar-refractivity contribution in [2.45, 2.75) is 31.8 Å². The van der Waals surface area contributed by atoms with Crippen molar-refractivity contribution in [1.82, 2.24) is 10.6 Å². The summed E-state index contributed by atoms with van der Waals surface area (Å²) >= 11 is 0. The van der Waals surface area contributed by atoms with Gasteiger partial charge in [0.2, 0.25) is 0 Å². The van der Waals surface area contributed by atoms with Gasteiger partial charge in [-0.3, -0.25) is 4.79 Å². The third kappa shape index (κ3) is 2.44. The lowest BCUT2D eigenvalue weighted by molar-refractivity contribution is 0.0901. The number of carbonyl (C=O) groups excluding carboxylic acids is 1. The van der Waals surface area contributed by atoms with E-state index in [4.69, 9.17) is 4.42 Å². The van der Waals surface area contributed by atoms with E-state index < -0.39 is 0 Å². The highest BCUT2D eigenvalue weighted by molar-refractivity contribution is 5.92. The van der Waals surface area contributed by atoms with Gasteiger partial charge in [-0.2, -0.15) is 0 Å². The molecule has 4 rings (SSSR count). The van der Waals surface area contributed by atoms with Gasteiger partial charge < -0.3 is 15.1 Å². The van der Waals surface area contributed by atoms with Crippen molar-refractivity contribution in [3.63, 3.8) is 0 Å². The fourth-order valence-electron chi connectivity index (χ4n) is 3.59. The minimum Gasteiger partial charge on any atom is -0.451 e. The lowest BCUT2D eigenvalue weighted by Gasteiger charge is -2.23. The van der Waals surface area contributed by atoms with Crippen LogP contribution in [-0.2, 0) is 0 Å². The number of fused-ring (bicyclic) bond motifs is 2. The van der Waals surface area contributed by atoms with Crippen LogP contribution in [0.4, 0.5) is 0 Å². The lowest BCUT2D eigenvalue weighted by Crippen LogP contribution is -2.47. The summed E-state index contributed by atoms with van der Waals surface area (Å²) in [7, 11) is 0. The first-order chi connectivity index (χ1) is 10.7. The monoisotopic (exact) mass is 296 g/mol. The molecule has 0 radical (unpaired) electrons. The number of furan rings is 1. The minimum atomic E-state index is -0.113. The fourth-order valence-corrected chi connectivity index (χ4v) is 3.59. The molecule has 1 amide bonds. The maximum absolute atomic E-state index is 12.3. The molecule has 1 aromatic carbocycles. The highest BCUT2D eigenvalue weighted by Gasteiger charge is 2.40. The average molecular weight is 296 g/mol. The first kappa shape index (κ1) is 13.6. The first-order valence-electron chi connectivity index (χ1n) is 7.90. The topological polar surface area (TPSA) is 54.3 Å². The lowest BCUT2D eigenvalue weighted by atomic mass is 10.1. The summed E-state index contributed by atoms with van der Waals surface area (Å²) < 4.78 is 5.73. The first-order valence-corrected chi connectivity index (χ1v) is 7.90. The van der Waals surface area contributed by atoms with E-state index in [1.54, 1.807) is 6.07 Å². The van der Waals surface area contributed by atoms with E-state index in [-0.39, 0.29) is 11.9 Å². The minimum absolute atomic E-state index is 0.113. The summed E-state index contributed by atoms with van der Waals surface area (Å²) in [5.74, 6) is 1.72. The largest absolute Gasteiger partial charge is 0.451 e. The predicted octanol–water partition coefficient (Wildman–Crippen LogP) is 2.74. The van der Waals surface area contributed by atoms with Crippen molar-refractivity contribution in [2.24, 2.45) is 5.92 Å². The van der Waals surface area contributed by atoms with Crippen molar-refractivity contribution < 1.29 is 9.21 Å². The Kier molecular flexibility index (Phi) is 3.26. The zero-order valence-electron chi connectivity index (χ0n) is 12.6. The molecule has 2 aromatic rings. The molecule has 4 nitrogen and oxygen atoms in total. The summed E-state index contributed by atoms with van der Waals surface area (Å²) in [5, 5.41) is 6.56. The van der Waals surface area contributed by atoms with Gasteiger partial charge in [0.05, 0.1) is 0 Å². The number of aryl methyl sites for hydroxylation is 1. The zero-order valence-corrected chi connectivity index (χ0v) is 12.6. The maximum Gasteiger partial charge on any atom is 0.287 e. The number of amides is 1. The number of piperidine rings is 1. The molecule has 2 bridgehead atoms. The van der Waals surface area contributed by atoms with Crippen molar-refractivity contribution >= 4 is 5.91 Å². The zero-order chi connectivity index (χ0) is 15.1. The number of rotatable bonds is 3. The summed E-state index contributed by atoms with van der Waals surface area (Å²) in [4.78, 5) is 12.3. The van der Waals surface area contributed by atoms with Crippen LogP contribution in [0.1, 0.15) is 29.0 Å². The number of hydrogen-bond donors (Lipinski definition) is 2. The van der Waals surface area contributed by atoms with Crippen LogP contribution >= 0.6 is 0 Å². The standard InChI is InChI=1S/C18H20N2O2/c1-11-2-4-13(5-3-11)16-6-7-17(22-16)18(21)20-15-9-12-8-14(15)19-10-12/h2-7,12,14-15,19H,8-10H2,1H3,(H,20,21). The molecule has 1 saturated carbocycles. The third-order valence-electron chi connectivity index (χ3n) is 4.81. The summed E-state index contributed by atoms with van der Waals surface area (Å²) in [6.07, 6.45) is 2.26. The third-order valence-corrected chi connectivity index (χ3v) is 4.81. The molecule has 1 aromatic heterocycles. The van der Waals surface area contributed by atoms with Gasteiger partial charge >= 0.3 is 0 Å². The van der Waals surface area contributed by atoms with Gasteiger partial charge in [-0.05, 0) is 44.4 Å². The molecule has 114 valence electrons. The Bertz CT molecular complexity index is 689. The smallest absolute Gasteiger partial charge is 0.287 e.